The molecule has 3 heterocycles. The molecular formula is C25H33N5O2. The number of nitrogens with one attached hydrogen (secondary N) is 1. The first-order chi connectivity index (χ1) is 15.6. The summed E-state index contributed by atoms with van der Waals surface area (Å²) in [5.41, 5.74) is 5.75. The smallest absolute Gasteiger partial charge is 0.241 e. The third kappa shape index (κ3) is 4.24. The van der Waals surface area contributed by atoms with Crippen LogP contribution < -0.4 is 5.32 Å². The van der Waals surface area contributed by atoms with Crippen molar-refractivity contribution in [3.8, 4) is 11.1 Å². The predicted molar refractivity (Wildman–Crippen MR) is 125 cm³/mol. The lowest BCUT2D eigenvalue weighted by molar-refractivity contribution is 0.121. The number of rotatable bonds is 7. The number of anilines is 1. The molecule has 32 heavy (non-hydrogen) atoms. The predicted octanol–water partition coefficient (Wildman–Crippen LogP) is 4.52. The summed E-state index contributed by atoms with van der Waals surface area (Å²) in [4.78, 5) is 9.26. The standard InChI is InChI=1S/C25H33N5O2/c1-16(15-32-2)28-25-27-14-24-21(19-10-11-26-22(12-19)17-4-3-5-17)13-23(30(24)29-25)18-6-8-20(31)9-7-18/h10-14,16-18,20,31H,3-9,15H2,1-2H3,(H,28,29)/t16-,18?,20?/m0/s1. The summed E-state index contributed by atoms with van der Waals surface area (Å²) in [7, 11) is 1.70. The lowest BCUT2D eigenvalue weighted by atomic mass is 9.82. The van der Waals surface area contributed by atoms with Crippen LogP contribution in [0.1, 0.15) is 75.1 Å². The van der Waals surface area contributed by atoms with E-state index >= 15 is 0 Å². The number of fused-ring (bicyclic) bond motifs is 1. The van der Waals surface area contributed by atoms with Crippen molar-refractivity contribution < 1.29 is 9.84 Å². The second kappa shape index (κ2) is 9.16. The van der Waals surface area contributed by atoms with E-state index in [9.17, 15) is 5.11 Å². The minimum atomic E-state index is -0.177. The Morgan fingerprint density at radius 1 is 1.12 bits per heavy atom. The molecule has 0 saturated heterocycles. The van der Waals surface area contributed by atoms with Gasteiger partial charge in [0.05, 0.1) is 24.4 Å². The van der Waals surface area contributed by atoms with E-state index < -0.39 is 0 Å². The van der Waals surface area contributed by atoms with Crippen molar-refractivity contribution in [1.82, 2.24) is 19.6 Å². The Balaban J connectivity index is 1.55. The van der Waals surface area contributed by atoms with Crippen LogP contribution in [0.4, 0.5) is 5.95 Å². The Bertz CT molecular complexity index is 1070. The molecule has 0 aliphatic heterocycles. The average molecular weight is 436 g/mol. The molecule has 2 N–H and O–H groups in total. The monoisotopic (exact) mass is 435 g/mol. The van der Waals surface area contributed by atoms with E-state index in [-0.39, 0.29) is 12.1 Å². The Hall–Kier alpha value is -2.51. The second-order valence-corrected chi connectivity index (χ2v) is 9.47. The van der Waals surface area contributed by atoms with E-state index in [0.717, 1.165) is 36.8 Å². The maximum atomic E-state index is 10.0. The molecule has 2 saturated carbocycles. The summed E-state index contributed by atoms with van der Waals surface area (Å²) in [6, 6.07) is 6.75. The van der Waals surface area contributed by atoms with Crippen LogP contribution in [0.3, 0.4) is 0 Å². The molecule has 0 radical (unpaired) electrons. The van der Waals surface area contributed by atoms with Gasteiger partial charge in [-0.05, 0) is 69.2 Å². The van der Waals surface area contributed by atoms with Gasteiger partial charge in [0.15, 0.2) is 0 Å². The lowest BCUT2D eigenvalue weighted by Crippen LogP contribution is -2.23. The fourth-order valence-corrected chi connectivity index (χ4v) is 5.03. The highest BCUT2D eigenvalue weighted by molar-refractivity contribution is 5.81. The average Bonchev–Trinajstić information content (AvgIpc) is 3.12. The van der Waals surface area contributed by atoms with Gasteiger partial charge in [-0.25, -0.2) is 9.50 Å². The molecule has 0 spiro atoms. The summed E-state index contributed by atoms with van der Waals surface area (Å²) in [6.45, 7) is 2.65. The largest absolute Gasteiger partial charge is 0.393 e. The Morgan fingerprint density at radius 2 is 1.94 bits per heavy atom. The molecule has 2 aliphatic rings. The van der Waals surface area contributed by atoms with Gasteiger partial charge in [-0.1, -0.05) is 6.42 Å². The fourth-order valence-electron chi connectivity index (χ4n) is 5.03. The van der Waals surface area contributed by atoms with E-state index in [1.54, 1.807) is 7.11 Å². The number of pyridine rings is 1. The molecule has 1 atom stereocenters. The third-order valence-electron chi connectivity index (χ3n) is 7.07. The van der Waals surface area contributed by atoms with Gasteiger partial charge >= 0.3 is 0 Å². The van der Waals surface area contributed by atoms with Gasteiger partial charge in [0.2, 0.25) is 5.95 Å². The van der Waals surface area contributed by atoms with Crippen molar-refractivity contribution >= 4 is 11.5 Å². The van der Waals surface area contributed by atoms with Crippen molar-refractivity contribution in [2.45, 2.75) is 75.9 Å². The molecule has 2 fully saturated rings. The van der Waals surface area contributed by atoms with Crippen LogP contribution in [-0.2, 0) is 4.74 Å². The van der Waals surface area contributed by atoms with E-state index in [0.29, 0.717) is 24.4 Å². The molecule has 0 unspecified atom stereocenters. The highest BCUT2D eigenvalue weighted by atomic mass is 16.5. The van der Waals surface area contributed by atoms with E-state index in [2.05, 4.69) is 44.9 Å². The summed E-state index contributed by atoms with van der Waals surface area (Å²) in [6.07, 6.45) is 11.1. The summed E-state index contributed by atoms with van der Waals surface area (Å²) in [5.74, 6) is 1.58. The van der Waals surface area contributed by atoms with Crippen LogP contribution in [0, 0.1) is 0 Å². The van der Waals surface area contributed by atoms with Crippen LogP contribution in [-0.4, -0.2) is 50.6 Å². The van der Waals surface area contributed by atoms with Gasteiger partial charge in [-0.3, -0.25) is 4.98 Å². The Kier molecular flexibility index (Phi) is 6.11. The van der Waals surface area contributed by atoms with Crippen molar-refractivity contribution in [3.05, 3.63) is 42.0 Å². The van der Waals surface area contributed by atoms with Gasteiger partial charge in [0.1, 0.15) is 0 Å². The molecule has 3 aromatic heterocycles. The summed E-state index contributed by atoms with van der Waals surface area (Å²) < 4.78 is 7.31. The van der Waals surface area contributed by atoms with Crippen LogP contribution in [0.5, 0.6) is 0 Å². The zero-order valence-corrected chi connectivity index (χ0v) is 19.0. The highest BCUT2D eigenvalue weighted by Crippen LogP contribution is 2.40. The fraction of sp³-hybridized carbons (Fsp3) is 0.560. The lowest BCUT2D eigenvalue weighted by Gasteiger charge is -2.25. The molecule has 0 bridgehead atoms. The molecular weight excluding hydrogens is 402 g/mol. The first-order valence-electron chi connectivity index (χ1n) is 11.9. The molecule has 5 rings (SSSR count). The maximum absolute atomic E-state index is 10.0. The highest BCUT2D eigenvalue weighted by Gasteiger charge is 2.26. The minimum Gasteiger partial charge on any atom is -0.393 e. The number of ether oxygens (including phenoxy) is 1. The zero-order chi connectivity index (χ0) is 22.1. The molecule has 170 valence electrons. The molecule has 0 aromatic carbocycles. The first kappa shape index (κ1) is 21.3. The van der Waals surface area contributed by atoms with Gasteiger partial charge in [0.25, 0.3) is 0 Å². The number of hydrogen-bond donors (Lipinski definition) is 2. The number of methoxy groups -OCH3 is 1. The van der Waals surface area contributed by atoms with E-state index in [1.807, 2.05) is 12.4 Å². The van der Waals surface area contributed by atoms with Crippen LogP contribution in [0.15, 0.2) is 30.6 Å². The SMILES string of the molecule is COC[C@H](C)Nc1ncc2c(-c3ccnc(C4CCC4)c3)cc(C3CCC(O)CC3)n2n1. The van der Waals surface area contributed by atoms with Gasteiger partial charge in [0, 0.05) is 48.1 Å². The van der Waals surface area contributed by atoms with Gasteiger partial charge in [-0.2, -0.15) is 0 Å². The van der Waals surface area contributed by atoms with Crippen LogP contribution in [0.2, 0.25) is 0 Å². The van der Waals surface area contributed by atoms with Gasteiger partial charge in [-0.15, -0.1) is 5.10 Å². The van der Waals surface area contributed by atoms with Crippen molar-refractivity contribution in [3.63, 3.8) is 0 Å². The van der Waals surface area contributed by atoms with Crippen LogP contribution >= 0.6 is 0 Å². The van der Waals surface area contributed by atoms with Crippen molar-refractivity contribution in [2.75, 3.05) is 19.0 Å². The second-order valence-electron chi connectivity index (χ2n) is 9.47. The quantitative estimate of drug-likeness (QED) is 0.567. The number of aromatic nitrogens is 4. The third-order valence-corrected chi connectivity index (χ3v) is 7.07. The maximum Gasteiger partial charge on any atom is 0.241 e. The minimum absolute atomic E-state index is 0.117. The van der Waals surface area contributed by atoms with Crippen molar-refractivity contribution in [2.24, 2.45) is 0 Å². The van der Waals surface area contributed by atoms with E-state index in [4.69, 9.17) is 9.84 Å². The zero-order valence-electron chi connectivity index (χ0n) is 19.0. The van der Waals surface area contributed by atoms with Crippen LogP contribution in [0.25, 0.3) is 16.6 Å². The normalized spacial score (nSPS) is 22.6. The summed E-state index contributed by atoms with van der Waals surface area (Å²) in [5, 5.41) is 18.2. The topological polar surface area (TPSA) is 84.6 Å². The van der Waals surface area contributed by atoms with Crippen molar-refractivity contribution in [1.29, 1.82) is 0 Å². The van der Waals surface area contributed by atoms with E-state index in [1.165, 1.54) is 36.2 Å². The number of aliphatic hydroxyl groups is 1. The Labute approximate surface area is 189 Å². The number of hydrogen-bond acceptors (Lipinski definition) is 6. The Morgan fingerprint density at radius 3 is 2.66 bits per heavy atom. The molecule has 3 aromatic rings. The first-order valence-corrected chi connectivity index (χ1v) is 11.9. The number of nitrogens with zero attached hydrogens (tertiary/aromatic N) is 4. The van der Waals surface area contributed by atoms with Gasteiger partial charge < -0.3 is 15.2 Å². The molecule has 0 amide bonds. The molecule has 7 heteroatoms. The number of aliphatic hydroxyl groups excluding tert-OH is 1. The molecule has 2 aliphatic carbocycles. The molecule has 7 nitrogen and oxygen atoms in total. The summed E-state index contributed by atoms with van der Waals surface area (Å²) >= 11 is 0.